The van der Waals surface area contributed by atoms with Crippen molar-refractivity contribution in [1.29, 1.82) is 0 Å². The fourth-order valence-electron chi connectivity index (χ4n) is 2.87. The minimum atomic E-state index is -0.523. The van der Waals surface area contributed by atoms with Crippen LogP contribution in [0.2, 0.25) is 5.02 Å². The zero-order valence-electron chi connectivity index (χ0n) is 13.9. The maximum Gasteiger partial charge on any atom is 0.350 e. The number of nitrogens with one attached hydrogen (secondary N) is 1. The predicted molar refractivity (Wildman–Crippen MR) is 98.0 cm³/mol. The van der Waals surface area contributed by atoms with Crippen LogP contribution in [0.1, 0.15) is 41.0 Å². The van der Waals surface area contributed by atoms with E-state index in [1.807, 2.05) is 12.1 Å². The Balaban J connectivity index is 1.61. The number of aromatic nitrogens is 1. The van der Waals surface area contributed by atoms with Gasteiger partial charge in [-0.1, -0.05) is 36.6 Å². The molecule has 0 spiro atoms. The van der Waals surface area contributed by atoms with Gasteiger partial charge in [-0.2, -0.15) is 0 Å². The third-order valence-electron chi connectivity index (χ3n) is 4.11. The Labute approximate surface area is 155 Å². The first kappa shape index (κ1) is 17.9. The third kappa shape index (κ3) is 4.58. The van der Waals surface area contributed by atoms with Crippen LogP contribution in [0, 0.1) is 6.92 Å². The Kier molecular flexibility index (Phi) is 5.71. The van der Waals surface area contributed by atoms with Crippen molar-refractivity contribution in [2.24, 2.45) is 0 Å². The second-order valence-electron chi connectivity index (χ2n) is 6.07. The van der Waals surface area contributed by atoms with Gasteiger partial charge in [0.2, 0.25) is 0 Å². The molecule has 0 aliphatic heterocycles. The van der Waals surface area contributed by atoms with E-state index in [9.17, 15) is 9.59 Å². The van der Waals surface area contributed by atoms with Gasteiger partial charge >= 0.3 is 5.97 Å². The van der Waals surface area contributed by atoms with Gasteiger partial charge in [0.15, 0.2) is 6.61 Å². The van der Waals surface area contributed by atoms with Crippen LogP contribution in [-0.4, -0.2) is 29.5 Å². The number of hydrogen-bond acceptors (Lipinski definition) is 5. The van der Waals surface area contributed by atoms with E-state index in [2.05, 4.69) is 10.3 Å². The number of amides is 1. The second kappa shape index (κ2) is 7.97. The van der Waals surface area contributed by atoms with Crippen molar-refractivity contribution < 1.29 is 14.3 Å². The molecule has 1 aliphatic rings. The van der Waals surface area contributed by atoms with Gasteiger partial charge in [-0.3, -0.25) is 4.79 Å². The highest BCUT2D eigenvalue weighted by Gasteiger charge is 2.21. The molecule has 0 radical (unpaired) electrons. The number of aryl methyl sites for hydroxylation is 1. The summed E-state index contributed by atoms with van der Waals surface area (Å²) in [5, 5.41) is 4.20. The number of carbonyl (C=O) groups excluding carboxylic acids is 2. The fraction of sp³-hybridized carbons (Fsp3) is 0.389. The lowest BCUT2D eigenvalue weighted by Gasteiger charge is -2.11. The van der Waals surface area contributed by atoms with Crippen molar-refractivity contribution >= 4 is 34.8 Å². The number of ether oxygens (including phenoxy) is 1. The Bertz CT molecular complexity index is 784. The Morgan fingerprint density at radius 2 is 2.12 bits per heavy atom. The molecule has 25 heavy (non-hydrogen) atoms. The lowest BCUT2D eigenvalue weighted by atomic mass is 10.2. The fourth-order valence-corrected chi connectivity index (χ4v) is 4.01. The first-order valence-electron chi connectivity index (χ1n) is 8.23. The first-order valence-corrected chi connectivity index (χ1v) is 9.42. The standard InChI is InChI=1S/C18H19ClN2O3S/c1-11-16(25-17(20-11)12-5-4-6-13(19)9-12)18(23)24-10-15(22)21-14-7-2-3-8-14/h4-6,9,14H,2-3,7-8,10H2,1H3,(H,21,22). The van der Waals surface area contributed by atoms with Crippen LogP contribution in [0.15, 0.2) is 24.3 Å². The molecule has 0 bridgehead atoms. The van der Waals surface area contributed by atoms with Gasteiger partial charge in [-0.05, 0) is 31.9 Å². The maximum atomic E-state index is 12.3. The van der Waals surface area contributed by atoms with Crippen LogP contribution in [0.25, 0.3) is 10.6 Å². The molecule has 0 unspecified atom stereocenters. The number of benzene rings is 1. The third-order valence-corrected chi connectivity index (χ3v) is 5.53. The number of halogens is 1. The molecule has 1 aromatic heterocycles. The molecular weight excluding hydrogens is 360 g/mol. The SMILES string of the molecule is Cc1nc(-c2cccc(Cl)c2)sc1C(=O)OCC(=O)NC1CCCC1. The summed E-state index contributed by atoms with van der Waals surface area (Å²) >= 11 is 7.24. The van der Waals surface area contributed by atoms with Crippen LogP contribution >= 0.6 is 22.9 Å². The van der Waals surface area contributed by atoms with E-state index in [0.717, 1.165) is 31.2 Å². The van der Waals surface area contributed by atoms with Crippen LogP contribution < -0.4 is 5.32 Å². The summed E-state index contributed by atoms with van der Waals surface area (Å²) in [6.07, 6.45) is 4.27. The predicted octanol–water partition coefficient (Wildman–Crippen LogP) is 3.99. The van der Waals surface area contributed by atoms with Crippen LogP contribution in [-0.2, 0) is 9.53 Å². The quantitative estimate of drug-likeness (QED) is 0.799. The van der Waals surface area contributed by atoms with Gasteiger partial charge in [0.25, 0.3) is 5.91 Å². The number of rotatable bonds is 5. The molecule has 5 nitrogen and oxygen atoms in total. The summed E-state index contributed by atoms with van der Waals surface area (Å²) < 4.78 is 5.15. The van der Waals surface area contributed by atoms with Crippen molar-refractivity contribution in [3.05, 3.63) is 39.9 Å². The van der Waals surface area contributed by atoms with Gasteiger partial charge in [-0.25, -0.2) is 9.78 Å². The first-order chi connectivity index (χ1) is 12.0. The molecule has 1 heterocycles. The lowest BCUT2D eigenvalue weighted by Crippen LogP contribution is -2.35. The summed E-state index contributed by atoms with van der Waals surface area (Å²) in [5.41, 5.74) is 1.43. The summed E-state index contributed by atoms with van der Waals surface area (Å²) in [7, 11) is 0. The van der Waals surface area contributed by atoms with E-state index < -0.39 is 5.97 Å². The molecule has 1 fully saturated rings. The minimum absolute atomic E-state index is 0.214. The van der Waals surface area contributed by atoms with Crippen LogP contribution in [0.3, 0.4) is 0 Å². The highest BCUT2D eigenvalue weighted by Crippen LogP contribution is 2.29. The summed E-state index contributed by atoms with van der Waals surface area (Å²) in [6.45, 7) is 1.49. The van der Waals surface area contributed by atoms with E-state index >= 15 is 0 Å². The molecule has 132 valence electrons. The van der Waals surface area contributed by atoms with E-state index in [1.165, 1.54) is 11.3 Å². The van der Waals surface area contributed by atoms with E-state index in [-0.39, 0.29) is 18.6 Å². The molecule has 3 rings (SSSR count). The summed E-state index contributed by atoms with van der Waals surface area (Å²) in [6, 6.07) is 7.51. The number of hydrogen-bond donors (Lipinski definition) is 1. The van der Waals surface area contributed by atoms with Crippen LogP contribution in [0.4, 0.5) is 0 Å². The monoisotopic (exact) mass is 378 g/mol. The van der Waals surface area contributed by atoms with Gasteiger partial charge < -0.3 is 10.1 Å². The number of esters is 1. The number of thiazole rings is 1. The number of nitrogens with zero attached hydrogens (tertiary/aromatic N) is 1. The molecule has 1 aromatic carbocycles. The molecular formula is C18H19ClN2O3S. The molecule has 1 aliphatic carbocycles. The van der Waals surface area contributed by atoms with Crippen molar-refractivity contribution in [2.45, 2.75) is 38.6 Å². The highest BCUT2D eigenvalue weighted by atomic mass is 35.5. The molecule has 1 N–H and O–H groups in total. The Morgan fingerprint density at radius 1 is 1.36 bits per heavy atom. The summed E-state index contributed by atoms with van der Waals surface area (Å²) in [4.78, 5) is 28.9. The second-order valence-corrected chi connectivity index (χ2v) is 7.50. The Hall–Kier alpha value is -1.92. The zero-order valence-corrected chi connectivity index (χ0v) is 15.5. The molecule has 2 aromatic rings. The molecule has 1 amide bonds. The molecule has 1 saturated carbocycles. The van der Waals surface area contributed by atoms with E-state index in [1.54, 1.807) is 19.1 Å². The van der Waals surface area contributed by atoms with Gasteiger partial charge in [0.1, 0.15) is 9.88 Å². The zero-order chi connectivity index (χ0) is 17.8. The minimum Gasteiger partial charge on any atom is -0.451 e. The lowest BCUT2D eigenvalue weighted by molar-refractivity contribution is -0.124. The van der Waals surface area contributed by atoms with Crippen LogP contribution in [0.5, 0.6) is 0 Å². The van der Waals surface area contributed by atoms with Gasteiger partial charge in [0.05, 0.1) is 5.69 Å². The Morgan fingerprint density at radius 3 is 2.84 bits per heavy atom. The van der Waals surface area contributed by atoms with Crippen molar-refractivity contribution in [1.82, 2.24) is 10.3 Å². The van der Waals surface area contributed by atoms with E-state index in [4.69, 9.17) is 16.3 Å². The smallest absolute Gasteiger partial charge is 0.350 e. The van der Waals surface area contributed by atoms with Gasteiger partial charge in [0, 0.05) is 16.6 Å². The molecule has 7 heteroatoms. The van der Waals surface area contributed by atoms with E-state index in [0.29, 0.717) is 20.6 Å². The molecule has 0 saturated heterocycles. The topological polar surface area (TPSA) is 68.3 Å². The normalized spacial score (nSPS) is 14.5. The highest BCUT2D eigenvalue weighted by molar-refractivity contribution is 7.17. The summed E-state index contributed by atoms with van der Waals surface area (Å²) in [5.74, 6) is -0.776. The molecule has 0 atom stereocenters. The van der Waals surface area contributed by atoms with Gasteiger partial charge in [-0.15, -0.1) is 11.3 Å². The van der Waals surface area contributed by atoms with Crippen molar-refractivity contribution in [2.75, 3.05) is 6.61 Å². The van der Waals surface area contributed by atoms with Crippen molar-refractivity contribution in [3.8, 4) is 10.6 Å². The van der Waals surface area contributed by atoms with Crippen molar-refractivity contribution in [3.63, 3.8) is 0 Å². The number of carbonyl (C=O) groups is 2. The average Bonchev–Trinajstić information content (AvgIpc) is 3.22. The maximum absolute atomic E-state index is 12.3. The largest absolute Gasteiger partial charge is 0.451 e. The average molecular weight is 379 g/mol.